The molecule has 1 aliphatic heterocycles. The van der Waals surface area contributed by atoms with E-state index in [0.717, 1.165) is 38.2 Å². The Morgan fingerprint density at radius 2 is 1.76 bits per heavy atom. The minimum absolute atomic E-state index is 0.332. The molecule has 0 saturated carbocycles. The van der Waals surface area contributed by atoms with E-state index in [-0.39, 0.29) is 6.04 Å². The molecule has 1 fully saturated rings. The zero-order valence-corrected chi connectivity index (χ0v) is 15.9. The van der Waals surface area contributed by atoms with E-state index in [1.807, 2.05) is 12.1 Å². The third kappa shape index (κ3) is 4.00. The molecule has 138 valence electrons. The number of ether oxygens (including phenoxy) is 3. The molecular formula is C19H29N3O3. The molecule has 1 saturated heterocycles. The Kier molecular flexibility index (Phi) is 6.91. The topological polar surface area (TPSA) is 58.0 Å². The van der Waals surface area contributed by atoms with E-state index in [4.69, 9.17) is 14.2 Å². The van der Waals surface area contributed by atoms with Crippen LogP contribution in [-0.2, 0) is 0 Å². The Morgan fingerprint density at radius 1 is 1.12 bits per heavy atom. The van der Waals surface area contributed by atoms with Crippen molar-refractivity contribution in [2.75, 3.05) is 47.5 Å². The molecule has 1 aromatic carbocycles. The lowest BCUT2D eigenvalue weighted by molar-refractivity contribution is 0.0622. The molecule has 0 amide bonds. The summed E-state index contributed by atoms with van der Waals surface area (Å²) in [6.07, 6.45) is 1.08. The second-order valence-electron chi connectivity index (χ2n) is 6.18. The molecule has 1 aromatic rings. The highest BCUT2D eigenvalue weighted by Crippen LogP contribution is 2.40. The monoisotopic (exact) mass is 347 g/mol. The minimum Gasteiger partial charge on any atom is -0.493 e. The van der Waals surface area contributed by atoms with Gasteiger partial charge in [-0.15, -0.1) is 0 Å². The van der Waals surface area contributed by atoms with Gasteiger partial charge in [0.2, 0.25) is 5.75 Å². The summed E-state index contributed by atoms with van der Waals surface area (Å²) < 4.78 is 16.3. The average molecular weight is 347 g/mol. The highest BCUT2D eigenvalue weighted by atomic mass is 16.5. The van der Waals surface area contributed by atoms with E-state index in [2.05, 4.69) is 29.7 Å². The average Bonchev–Trinajstić information content (AvgIpc) is 2.67. The van der Waals surface area contributed by atoms with Gasteiger partial charge in [-0.1, -0.05) is 13.8 Å². The van der Waals surface area contributed by atoms with Gasteiger partial charge in [0.15, 0.2) is 11.5 Å². The zero-order valence-electron chi connectivity index (χ0n) is 15.9. The molecule has 0 N–H and O–H groups in total. The van der Waals surface area contributed by atoms with Crippen molar-refractivity contribution < 1.29 is 14.2 Å². The lowest BCUT2D eigenvalue weighted by Crippen LogP contribution is -2.53. The molecule has 6 heteroatoms. The van der Waals surface area contributed by atoms with E-state index in [9.17, 15) is 5.26 Å². The van der Waals surface area contributed by atoms with Crippen LogP contribution in [0.2, 0.25) is 0 Å². The van der Waals surface area contributed by atoms with Crippen molar-refractivity contribution in [3.05, 3.63) is 17.7 Å². The van der Waals surface area contributed by atoms with Gasteiger partial charge in [-0.05, 0) is 30.7 Å². The quantitative estimate of drug-likeness (QED) is 0.756. The molecule has 0 bridgehead atoms. The molecule has 25 heavy (non-hydrogen) atoms. The fraction of sp³-hybridized carbons (Fsp3) is 0.632. The van der Waals surface area contributed by atoms with Crippen LogP contribution >= 0.6 is 0 Å². The van der Waals surface area contributed by atoms with Crippen LogP contribution in [0.4, 0.5) is 0 Å². The van der Waals surface area contributed by atoms with E-state index in [1.165, 1.54) is 0 Å². The van der Waals surface area contributed by atoms with Crippen molar-refractivity contribution in [2.45, 2.75) is 32.4 Å². The largest absolute Gasteiger partial charge is 0.493 e. The fourth-order valence-corrected chi connectivity index (χ4v) is 3.58. The first-order chi connectivity index (χ1) is 12.1. The second kappa shape index (κ2) is 8.93. The standard InChI is InChI=1S/C19H29N3O3/c1-6-15-13-22(9-8-21(15)7-2)16(12-20)14-10-17(23-3)19(25-5)18(11-14)24-4/h10-11,15-16H,6-9,13H2,1-5H3. The number of rotatable bonds is 7. The number of benzene rings is 1. The smallest absolute Gasteiger partial charge is 0.203 e. The minimum atomic E-state index is -0.332. The van der Waals surface area contributed by atoms with Gasteiger partial charge >= 0.3 is 0 Å². The van der Waals surface area contributed by atoms with Gasteiger partial charge in [0.25, 0.3) is 0 Å². The number of piperazine rings is 1. The molecule has 2 unspecified atom stereocenters. The van der Waals surface area contributed by atoms with Crippen molar-refractivity contribution >= 4 is 0 Å². The van der Waals surface area contributed by atoms with Gasteiger partial charge in [-0.2, -0.15) is 5.26 Å². The van der Waals surface area contributed by atoms with E-state index < -0.39 is 0 Å². The van der Waals surface area contributed by atoms with Crippen LogP contribution < -0.4 is 14.2 Å². The summed E-state index contributed by atoms with van der Waals surface area (Å²) in [5.74, 6) is 1.71. The molecular weight excluding hydrogens is 318 g/mol. The van der Waals surface area contributed by atoms with E-state index >= 15 is 0 Å². The number of hydrogen-bond acceptors (Lipinski definition) is 6. The molecule has 6 nitrogen and oxygen atoms in total. The van der Waals surface area contributed by atoms with Gasteiger partial charge in [0.05, 0.1) is 27.4 Å². The summed E-state index contributed by atoms with van der Waals surface area (Å²) in [4.78, 5) is 4.74. The lowest BCUT2D eigenvalue weighted by Gasteiger charge is -2.42. The van der Waals surface area contributed by atoms with E-state index in [0.29, 0.717) is 23.3 Å². The maximum Gasteiger partial charge on any atom is 0.203 e. The Balaban J connectivity index is 2.33. The van der Waals surface area contributed by atoms with E-state index in [1.54, 1.807) is 21.3 Å². The fourth-order valence-electron chi connectivity index (χ4n) is 3.58. The van der Waals surface area contributed by atoms with Crippen molar-refractivity contribution in [1.82, 2.24) is 9.80 Å². The van der Waals surface area contributed by atoms with Crippen LogP contribution in [0.25, 0.3) is 0 Å². The highest BCUT2D eigenvalue weighted by molar-refractivity contribution is 5.55. The van der Waals surface area contributed by atoms with Crippen molar-refractivity contribution in [3.63, 3.8) is 0 Å². The number of hydrogen-bond donors (Lipinski definition) is 0. The first kappa shape index (κ1) is 19.4. The van der Waals surface area contributed by atoms with Crippen LogP contribution in [-0.4, -0.2) is 63.4 Å². The molecule has 0 aromatic heterocycles. The third-order valence-electron chi connectivity index (χ3n) is 5.00. The van der Waals surface area contributed by atoms with Gasteiger partial charge in [-0.25, -0.2) is 0 Å². The van der Waals surface area contributed by atoms with Crippen LogP contribution in [0, 0.1) is 11.3 Å². The first-order valence-electron chi connectivity index (χ1n) is 8.80. The summed E-state index contributed by atoms with van der Waals surface area (Å²) in [7, 11) is 4.77. The predicted molar refractivity (Wildman–Crippen MR) is 97.4 cm³/mol. The number of nitrogens with zero attached hydrogens (tertiary/aromatic N) is 3. The van der Waals surface area contributed by atoms with Gasteiger partial charge < -0.3 is 14.2 Å². The van der Waals surface area contributed by atoms with Crippen molar-refractivity contribution in [2.24, 2.45) is 0 Å². The normalized spacial score (nSPS) is 19.9. The molecule has 1 aliphatic rings. The third-order valence-corrected chi connectivity index (χ3v) is 5.00. The summed E-state index contributed by atoms with van der Waals surface area (Å²) in [6.45, 7) is 8.20. The Morgan fingerprint density at radius 3 is 2.20 bits per heavy atom. The van der Waals surface area contributed by atoms with Crippen LogP contribution in [0.1, 0.15) is 31.9 Å². The second-order valence-corrected chi connectivity index (χ2v) is 6.18. The summed E-state index contributed by atoms with van der Waals surface area (Å²) >= 11 is 0. The van der Waals surface area contributed by atoms with Crippen LogP contribution in [0.5, 0.6) is 17.2 Å². The summed E-state index contributed by atoms with van der Waals surface area (Å²) in [6, 6.07) is 6.37. The lowest BCUT2D eigenvalue weighted by atomic mass is 10.0. The van der Waals surface area contributed by atoms with Crippen molar-refractivity contribution in [3.8, 4) is 23.3 Å². The predicted octanol–water partition coefficient (Wildman–Crippen LogP) is 2.69. The zero-order chi connectivity index (χ0) is 18.4. The molecule has 0 radical (unpaired) electrons. The number of likely N-dealkylation sites (N-methyl/N-ethyl adjacent to an activating group) is 1. The maximum atomic E-state index is 9.85. The van der Waals surface area contributed by atoms with Gasteiger partial charge in [0, 0.05) is 25.7 Å². The van der Waals surface area contributed by atoms with Crippen LogP contribution in [0.15, 0.2) is 12.1 Å². The van der Waals surface area contributed by atoms with Gasteiger partial charge in [-0.3, -0.25) is 9.80 Å². The Bertz CT molecular complexity index is 589. The van der Waals surface area contributed by atoms with Gasteiger partial charge in [0.1, 0.15) is 6.04 Å². The molecule has 1 heterocycles. The first-order valence-corrected chi connectivity index (χ1v) is 8.80. The SMILES string of the molecule is CCC1CN(C(C#N)c2cc(OC)c(OC)c(OC)c2)CCN1CC. The number of nitriles is 1. The Hall–Kier alpha value is -1.97. The summed E-state index contributed by atoms with van der Waals surface area (Å²) in [5, 5.41) is 9.85. The van der Waals surface area contributed by atoms with Crippen LogP contribution in [0.3, 0.4) is 0 Å². The Labute approximate surface area is 150 Å². The molecule has 0 aliphatic carbocycles. The number of methoxy groups -OCH3 is 3. The maximum absolute atomic E-state index is 9.85. The summed E-state index contributed by atoms with van der Waals surface area (Å²) in [5.41, 5.74) is 0.872. The highest BCUT2D eigenvalue weighted by Gasteiger charge is 2.31. The molecule has 2 atom stereocenters. The van der Waals surface area contributed by atoms with Crippen molar-refractivity contribution in [1.29, 1.82) is 5.26 Å². The molecule has 2 rings (SSSR count). The molecule has 0 spiro atoms.